The molecule has 4 N–H and O–H groups in total. The molecule has 8 aliphatic rings. The van der Waals surface area contributed by atoms with Crippen LogP contribution in [0.4, 0.5) is 0 Å². The molecule has 6 heteroatoms. The molecule has 6 nitrogen and oxygen atoms in total. The fourth-order valence-electron chi connectivity index (χ4n) is 17.6. The van der Waals surface area contributed by atoms with E-state index in [1.807, 2.05) is 0 Å². The lowest BCUT2D eigenvalue weighted by molar-refractivity contribution is -0.174. The van der Waals surface area contributed by atoms with Crippen molar-refractivity contribution in [2.75, 3.05) is 0 Å². The summed E-state index contributed by atoms with van der Waals surface area (Å²) in [5, 5.41) is 39.6. The molecule has 1 unspecified atom stereocenters. The summed E-state index contributed by atoms with van der Waals surface area (Å²) >= 11 is 0. The summed E-state index contributed by atoms with van der Waals surface area (Å²) in [6, 6.07) is 0. The predicted molar refractivity (Wildman–Crippen MR) is 215 cm³/mol. The topological polar surface area (TPSA) is 115 Å². The maximum Gasteiger partial charge on any atom is 0.303 e. The van der Waals surface area contributed by atoms with Crippen LogP contribution >= 0.6 is 0 Å². The zero-order valence-electron chi connectivity index (χ0n) is 35.2. The molecule has 0 aliphatic heterocycles. The molecule has 308 valence electrons. The summed E-state index contributed by atoms with van der Waals surface area (Å²) in [5.74, 6) is 6.92. The summed E-state index contributed by atoms with van der Waals surface area (Å²) in [7, 11) is 0. The maximum atomic E-state index is 11.2. The summed E-state index contributed by atoms with van der Waals surface area (Å²) in [6.45, 7) is 14.8. The van der Waals surface area contributed by atoms with Gasteiger partial charge in [0.25, 0.3) is 0 Å². The van der Waals surface area contributed by atoms with Gasteiger partial charge in [0.15, 0.2) is 0 Å². The Labute approximate surface area is 328 Å². The minimum Gasteiger partial charge on any atom is -0.481 e. The van der Waals surface area contributed by atoms with E-state index < -0.39 is 11.9 Å². The summed E-state index contributed by atoms with van der Waals surface area (Å²) in [6.07, 6.45) is 24.9. The van der Waals surface area contributed by atoms with Crippen LogP contribution in [0.15, 0.2) is 0 Å². The Kier molecular flexibility index (Phi) is 11.8. The van der Waals surface area contributed by atoms with Crippen LogP contribution in [0.2, 0.25) is 0 Å². The Balaban J connectivity index is 0.000000167. The van der Waals surface area contributed by atoms with Crippen molar-refractivity contribution in [3.63, 3.8) is 0 Å². The van der Waals surface area contributed by atoms with Crippen LogP contribution in [0, 0.1) is 92.7 Å². The molecule has 18 atom stereocenters. The Morgan fingerprint density at radius 2 is 1.07 bits per heavy atom. The third kappa shape index (κ3) is 7.06. The molecule has 0 aromatic heterocycles. The molecule has 0 saturated heterocycles. The SMILES string of the molecule is C[C@H](CCC(=O)O)[C@H]1CC[C@H]2[C@@H]3CCC4CCCC[C@]4(C)[C@H]3CC[C@]12C.C[C@H](CCC(=O)O)[C@H]1CC[C@H]2[C@@H]3[C@H](O)C[C@@H]4C[C@H](O)CC[C@]4(C)[C@H]3CC[C@]12C. The number of carboxylic acids is 2. The first-order chi connectivity index (χ1) is 25.5. The Morgan fingerprint density at radius 1 is 0.556 bits per heavy atom. The number of hydrogen-bond acceptors (Lipinski definition) is 4. The van der Waals surface area contributed by atoms with Gasteiger partial charge in [-0.05, 0) is 208 Å². The smallest absolute Gasteiger partial charge is 0.303 e. The highest BCUT2D eigenvalue weighted by Gasteiger charge is 2.63. The van der Waals surface area contributed by atoms with E-state index in [-0.39, 0.29) is 29.5 Å². The third-order valence-electron chi connectivity index (χ3n) is 20.4. The van der Waals surface area contributed by atoms with E-state index in [1.165, 1.54) is 89.9 Å². The molecule has 8 rings (SSSR count). The molecular formula is C48H80O6. The highest BCUT2D eigenvalue weighted by molar-refractivity contribution is 5.66. The Morgan fingerprint density at radius 3 is 1.70 bits per heavy atom. The number of carbonyl (C=O) groups is 2. The van der Waals surface area contributed by atoms with Gasteiger partial charge in [-0.25, -0.2) is 0 Å². The van der Waals surface area contributed by atoms with E-state index in [0.29, 0.717) is 58.7 Å². The minimum absolute atomic E-state index is 0.179. The molecule has 0 spiro atoms. The summed E-state index contributed by atoms with van der Waals surface area (Å²) in [5.41, 5.74) is 1.64. The van der Waals surface area contributed by atoms with E-state index in [4.69, 9.17) is 10.2 Å². The van der Waals surface area contributed by atoms with Gasteiger partial charge in [-0.1, -0.05) is 54.4 Å². The predicted octanol–water partition coefficient (Wildman–Crippen LogP) is 11.0. The molecule has 54 heavy (non-hydrogen) atoms. The van der Waals surface area contributed by atoms with Crippen LogP contribution in [-0.4, -0.2) is 44.6 Å². The fraction of sp³-hybridized carbons (Fsp3) is 0.958. The molecule has 8 fully saturated rings. The van der Waals surface area contributed by atoms with Crippen molar-refractivity contribution in [2.45, 2.75) is 195 Å². The zero-order chi connectivity index (χ0) is 38.8. The van der Waals surface area contributed by atoms with Gasteiger partial charge in [0.05, 0.1) is 12.2 Å². The number of hydrogen-bond donors (Lipinski definition) is 4. The molecule has 0 aromatic carbocycles. The van der Waals surface area contributed by atoms with Gasteiger partial charge in [-0.3, -0.25) is 9.59 Å². The number of carboxylic acid groups (broad SMARTS) is 2. The molecule has 0 radical (unpaired) electrons. The second-order valence-corrected chi connectivity index (χ2v) is 22.4. The highest BCUT2D eigenvalue weighted by Crippen LogP contribution is 2.70. The zero-order valence-corrected chi connectivity index (χ0v) is 35.2. The van der Waals surface area contributed by atoms with Crippen molar-refractivity contribution in [3.05, 3.63) is 0 Å². The molecular weight excluding hydrogens is 673 g/mol. The lowest BCUT2D eigenvalue weighted by Gasteiger charge is -2.62. The van der Waals surface area contributed by atoms with E-state index in [9.17, 15) is 19.8 Å². The monoisotopic (exact) mass is 753 g/mol. The summed E-state index contributed by atoms with van der Waals surface area (Å²) in [4.78, 5) is 22.1. The first kappa shape index (κ1) is 41.0. The van der Waals surface area contributed by atoms with Crippen molar-refractivity contribution in [3.8, 4) is 0 Å². The van der Waals surface area contributed by atoms with Crippen molar-refractivity contribution in [1.29, 1.82) is 0 Å². The van der Waals surface area contributed by atoms with Gasteiger partial charge in [0.2, 0.25) is 0 Å². The van der Waals surface area contributed by atoms with Crippen molar-refractivity contribution in [1.82, 2.24) is 0 Å². The van der Waals surface area contributed by atoms with Crippen LogP contribution in [0.5, 0.6) is 0 Å². The normalized spacial score (nSPS) is 50.4. The number of aliphatic carboxylic acids is 2. The standard InChI is InChI=1S/C24H40O4.C24H40O2/c1-14(4-7-21(27)28)17-5-6-18-22-19(9-11-24(17,18)3)23(2)10-8-16(25)12-15(23)13-20(22)26;1-16(7-12-22(25)26)19-10-11-20-18-9-8-17-6-4-5-14-23(17,2)21(18)13-15-24(19,20)3/h14-20,22,25-26H,4-13H2,1-3H3,(H,27,28);16-21H,4-15H2,1-3H3,(H,25,26)/t14-,15+,16-,17-,18+,19+,20-,22+,23+,24-;16-,17?,18+,19-,20+,21+,23+,24-/m11/s1. The van der Waals surface area contributed by atoms with E-state index in [0.717, 1.165) is 68.1 Å². The van der Waals surface area contributed by atoms with E-state index in [2.05, 4.69) is 41.5 Å². The second-order valence-electron chi connectivity index (χ2n) is 22.4. The fourth-order valence-corrected chi connectivity index (χ4v) is 17.6. The van der Waals surface area contributed by atoms with Gasteiger partial charge in [0, 0.05) is 12.8 Å². The van der Waals surface area contributed by atoms with E-state index >= 15 is 0 Å². The van der Waals surface area contributed by atoms with E-state index in [1.54, 1.807) is 0 Å². The van der Waals surface area contributed by atoms with Crippen molar-refractivity contribution < 1.29 is 30.0 Å². The minimum atomic E-state index is -0.684. The number of rotatable bonds is 8. The second kappa shape index (κ2) is 15.6. The average Bonchev–Trinajstić information content (AvgIpc) is 3.67. The third-order valence-corrected chi connectivity index (χ3v) is 20.4. The quantitative estimate of drug-likeness (QED) is 0.196. The number of aliphatic hydroxyl groups is 2. The average molecular weight is 753 g/mol. The first-order valence-corrected chi connectivity index (χ1v) is 23.3. The molecule has 0 bridgehead atoms. The van der Waals surface area contributed by atoms with Crippen molar-refractivity contribution in [2.24, 2.45) is 92.7 Å². The van der Waals surface area contributed by atoms with Gasteiger partial charge in [-0.2, -0.15) is 0 Å². The van der Waals surface area contributed by atoms with Gasteiger partial charge >= 0.3 is 11.9 Å². The highest BCUT2D eigenvalue weighted by atomic mass is 16.4. The maximum absolute atomic E-state index is 11.2. The van der Waals surface area contributed by atoms with Crippen LogP contribution in [0.3, 0.4) is 0 Å². The Hall–Kier alpha value is -1.14. The van der Waals surface area contributed by atoms with Crippen LogP contribution in [0.25, 0.3) is 0 Å². The first-order valence-electron chi connectivity index (χ1n) is 23.3. The molecule has 8 saturated carbocycles. The Bertz CT molecular complexity index is 1350. The van der Waals surface area contributed by atoms with Crippen LogP contribution in [0.1, 0.15) is 183 Å². The molecule has 0 heterocycles. The molecule has 8 aliphatic carbocycles. The summed E-state index contributed by atoms with van der Waals surface area (Å²) < 4.78 is 0. The van der Waals surface area contributed by atoms with Crippen LogP contribution in [-0.2, 0) is 9.59 Å². The molecule has 0 amide bonds. The number of aliphatic hydroxyl groups excluding tert-OH is 2. The van der Waals surface area contributed by atoms with Gasteiger partial charge in [0.1, 0.15) is 0 Å². The number of fused-ring (bicyclic) bond motifs is 10. The van der Waals surface area contributed by atoms with Gasteiger partial charge in [-0.15, -0.1) is 0 Å². The lowest BCUT2D eigenvalue weighted by atomic mass is 9.43. The van der Waals surface area contributed by atoms with Crippen LogP contribution < -0.4 is 0 Å². The van der Waals surface area contributed by atoms with Gasteiger partial charge < -0.3 is 20.4 Å². The van der Waals surface area contributed by atoms with Crippen molar-refractivity contribution >= 4 is 11.9 Å². The largest absolute Gasteiger partial charge is 0.481 e. The lowest BCUT2D eigenvalue weighted by Crippen LogP contribution is -2.58. The molecule has 0 aromatic rings.